The summed E-state index contributed by atoms with van der Waals surface area (Å²) < 4.78 is 4.88. The molecule has 2 rings (SSSR count). The van der Waals surface area contributed by atoms with Crippen molar-refractivity contribution in [3.8, 4) is 0 Å². The lowest BCUT2D eigenvalue weighted by Crippen LogP contribution is -2.28. The highest BCUT2D eigenvalue weighted by molar-refractivity contribution is 8.01. The number of hydrogen-bond acceptors (Lipinski definition) is 5. The van der Waals surface area contributed by atoms with Crippen LogP contribution in [0.5, 0.6) is 0 Å². The molecular formula is C16H18ClN3O3S. The van der Waals surface area contributed by atoms with Gasteiger partial charge in [0.2, 0.25) is 11.8 Å². The highest BCUT2D eigenvalue weighted by Gasteiger charge is 2.16. The predicted molar refractivity (Wildman–Crippen MR) is 95.1 cm³/mol. The lowest BCUT2D eigenvalue weighted by molar-refractivity contribution is -0.118. The molecule has 2 aromatic rings. The normalized spacial score (nSPS) is 11.8. The average Bonchev–Trinajstić information content (AvgIpc) is 2.96. The Morgan fingerprint density at radius 1 is 1.33 bits per heavy atom. The molecule has 0 aliphatic heterocycles. The SMILES string of the molecule is Cc1cc(NC(=O)[C@H](C)SCC(=O)NCc2ccc(Cl)cc2)no1. The fourth-order valence-corrected chi connectivity index (χ4v) is 2.62. The van der Waals surface area contributed by atoms with E-state index in [9.17, 15) is 9.59 Å². The smallest absolute Gasteiger partial charge is 0.238 e. The monoisotopic (exact) mass is 367 g/mol. The first-order valence-electron chi connectivity index (χ1n) is 7.31. The molecule has 1 aromatic carbocycles. The fraction of sp³-hybridized carbons (Fsp3) is 0.312. The van der Waals surface area contributed by atoms with Gasteiger partial charge in [0, 0.05) is 17.6 Å². The number of anilines is 1. The Morgan fingerprint density at radius 2 is 2.04 bits per heavy atom. The molecule has 1 aromatic heterocycles. The van der Waals surface area contributed by atoms with E-state index in [-0.39, 0.29) is 22.8 Å². The number of nitrogens with one attached hydrogen (secondary N) is 2. The number of hydrogen-bond donors (Lipinski definition) is 2. The van der Waals surface area contributed by atoms with Crippen LogP contribution in [0.25, 0.3) is 0 Å². The molecule has 8 heteroatoms. The van der Waals surface area contributed by atoms with Gasteiger partial charge in [0.25, 0.3) is 0 Å². The van der Waals surface area contributed by atoms with Gasteiger partial charge in [0.05, 0.1) is 11.0 Å². The van der Waals surface area contributed by atoms with Crippen LogP contribution in [0.2, 0.25) is 5.02 Å². The minimum atomic E-state index is -0.386. The fourth-order valence-electron chi connectivity index (χ4n) is 1.78. The van der Waals surface area contributed by atoms with E-state index in [1.165, 1.54) is 11.8 Å². The van der Waals surface area contributed by atoms with Gasteiger partial charge in [0.1, 0.15) is 5.76 Å². The molecule has 2 amide bonds. The number of thioether (sulfide) groups is 1. The second-order valence-electron chi connectivity index (χ2n) is 5.17. The Morgan fingerprint density at radius 3 is 2.67 bits per heavy atom. The van der Waals surface area contributed by atoms with Crippen molar-refractivity contribution < 1.29 is 14.1 Å². The quantitative estimate of drug-likeness (QED) is 0.785. The summed E-state index contributed by atoms with van der Waals surface area (Å²) in [5, 5.41) is 9.41. The van der Waals surface area contributed by atoms with Gasteiger partial charge in [-0.15, -0.1) is 11.8 Å². The van der Waals surface area contributed by atoms with Gasteiger partial charge in [-0.2, -0.15) is 0 Å². The van der Waals surface area contributed by atoms with Crippen LogP contribution in [-0.4, -0.2) is 28.0 Å². The van der Waals surface area contributed by atoms with Gasteiger partial charge in [-0.05, 0) is 31.5 Å². The average molecular weight is 368 g/mol. The minimum Gasteiger partial charge on any atom is -0.360 e. The van der Waals surface area contributed by atoms with Crippen molar-refractivity contribution in [1.82, 2.24) is 10.5 Å². The van der Waals surface area contributed by atoms with Crippen molar-refractivity contribution in [2.75, 3.05) is 11.1 Å². The number of amides is 2. The van der Waals surface area contributed by atoms with E-state index in [1.807, 2.05) is 12.1 Å². The van der Waals surface area contributed by atoms with E-state index in [2.05, 4.69) is 15.8 Å². The molecule has 0 fully saturated rings. The predicted octanol–water partition coefficient (Wildman–Crippen LogP) is 3.01. The first kappa shape index (κ1) is 18.4. The summed E-state index contributed by atoms with van der Waals surface area (Å²) in [7, 11) is 0. The van der Waals surface area contributed by atoms with Gasteiger partial charge in [-0.25, -0.2) is 0 Å². The molecule has 128 valence electrons. The second kappa shape index (κ2) is 8.75. The second-order valence-corrected chi connectivity index (χ2v) is 6.93. The summed E-state index contributed by atoms with van der Waals surface area (Å²) in [5.41, 5.74) is 0.963. The van der Waals surface area contributed by atoms with Gasteiger partial charge < -0.3 is 15.2 Å². The van der Waals surface area contributed by atoms with E-state index in [0.717, 1.165) is 5.56 Å². The molecule has 1 heterocycles. The van der Waals surface area contributed by atoms with Crippen LogP contribution in [0.15, 0.2) is 34.9 Å². The van der Waals surface area contributed by atoms with E-state index in [1.54, 1.807) is 32.0 Å². The zero-order chi connectivity index (χ0) is 17.5. The first-order chi connectivity index (χ1) is 11.4. The van der Waals surface area contributed by atoms with Gasteiger partial charge in [0.15, 0.2) is 5.82 Å². The summed E-state index contributed by atoms with van der Waals surface area (Å²) in [6, 6.07) is 8.89. The Bertz CT molecular complexity index is 703. The number of benzene rings is 1. The number of aromatic nitrogens is 1. The summed E-state index contributed by atoms with van der Waals surface area (Å²) in [5.74, 6) is 0.829. The maximum Gasteiger partial charge on any atom is 0.238 e. The van der Waals surface area contributed by atoms with Gasteiger partial charge >= 0.3 is 0 Å². The van der Waals surface area contributed by atoms with Crippen molar-refractivity contribution in [2.24, 2.45) is 0 Å². The molecule has 2 N–H and O–H groups in total. The van der Waals surface area contributed by atoms with Crippen LogP contribution < -0.4 is 10.6 Å². The van der Waals surface area contributed by atoms with Crippen LogP contribution in [-0.2, 0) is 16.1 Å². The minimum absolute atomic E-state index is 0.133. The molecule has 0 unspecified atom stereocenters. The lowest BCUT2D eigenvalue weighted by Gasteiger charge is -2.10. The molecule has 0 aliphatic carbocycles. The van der Waals surface area contributed by atoms with Crippen molar-refractivity contribution in [3.63, 3.8) is 0 Å². The van der Waals surface area contributed by atoms with Crippen molar-refractivity contribution in [1.29, 1.82) is 0 Å². The maximum atomic E-state index is 12.0. The Labute approximate surface area is 149 Å². The molecule has 0 saturated heterocycles. The lowest BCUT2D eigenvalue weighted by atomic mass is 10.2. The van der Waals surface area contributed by atoms with Crippen LogP contribution in [0, 0.1) is 6.92 Å². The third-order valence-corrected chi connectivity index (χ3v) is 4.51. The van der Waals surface area contributed by atoms with Crippen LogP contribution in [0.3, 0.4) is 0 Å². The zero-order valence-electron chi connectivity index (χ0n) is 13.3. The number of carbonyl (C=O) groups is 2. The molecule has 0 radical (unpaired) electrons. The standard InChI is InChI=1S/C16H18ClN3O3S/c1-10-7-14(20-23-10)19-16(22)11(2)24-9-15(21)18-8-12-3-5-13(17)6-4-12/h3-7,11H,8-9H2,1-2H3,(H,18,21)(H,19,20,22)/t11-/m0/s1. The first-order valence-corrected chi connectivity index (χ1v) is 8.73. The van der Waals surface area contributed by atoms with Crippen LogP contribution >= 0.6 is 23.4 Å². The van der Waals surface area contributed by atoms with Crippen molar-refractivity contribution in [3.05, 3.63) is 46.7 Å². The van der Waals surface area contributed by atoms with Crippen LogP contribution in [0.1, 0.15) is 18.2 Å². The Balaban J connectivity index is 1.70. The maximum absolute atomic E-state index is 12.0. The number of rotatable bonds is 7. The third-order valence-electron chi connectivity index (χ3n) is 3.12. The summed E-state index contributed by atoms with van der Waals surface area (Å²) in [6.45, 7) is 3.90. The summed E-state index contributed by atoms with van der Waals surface area (Å²) in [4.78, 5) is 23.8. The molecule has 24 heavy (non-hydrogen) atoms. The number of aryl methyl sites for hydroxylation is 1. The van der Waals surface area contributed by atoms with E-state index < -0.39 is 0 Å². The summed E-state index contributed by atoms with van der Waals surface area (Å²) >= 11 is 7.06. The number of halogens is 1. The van der Waals surface area contributed by atoms with Crippen molar-refractivity contribution >= 4 is 41.0 Å². The Hall–Kier alpha value is -1.99. The molecule has 0 spiro atoms. The highest BCUT2D eigenvalue weighted by Crippen LogP contribution is 2.14. The molecule has 0 saturated carbocycles. The molecule has 0 bridgehead atoms. The number of nitrogens with zero attached hydrogens (tertiary/aromatic N) is 1. The largest absolute Gasteiger partial charge is 0.360 e. The molecular weight excluding hydrogens is 350 g/mol. The van der Waals surface area contributed by atoms with Gasteiger partial charge in [-0.1, -0.05) is 28.9 Å². The van der Waals surface area contributed by atoms with Crippen molar-refractivity contribution in [2.45, 2.75) is 25.6 Å². The number of carbonyl (C=O) groups excluding carboxylic acids is 2. The van der Waals surface area contributed by atoms with E-state index in [4.69, 9.17) is 16.1 Å². The van der Waals surface area contributed by atoms with E-state index in [0.29, 0.717) is 23.1 Å². The topological polar surface area (TPSA) is 84.2 Å². The Kier molecular flexibility index (Phi) is 6.69. The van der Waals surface area contributed by atoms with E-state index >= 15 is 0 Å². The van der Waals surface area contributed by atoms with Crippen LogP contribution in [0.4, 0.5) is 5.82 Å². The molecule has 6 nitrogen and oxygen atoms in total. The molecule has 1 atom stereocenters. The van der Waals surface area contributed by atoms with Gasteiger partial charge in [-0.3, -0.25) is 9.59 Å². The highest BCUT2D eigenvalue weighted by atomic mass is 35.5. The molecule has 0 aliphatic rings. The zero-order valence-corrected chi connectivity index (χ0v) is 14.9. The third kappa shape index (κ3) is 5.90. The summed E-state index contributed by atoms with van der Waals surface area (Å²) in [6.07, 6.45) is 0.